The van der Waals surface area contributed by atoms with Crippen LogP contribution in [0.3, 0.4) is 0 Å². The number of hydrogen-bond acceptors (Lipinski definition) is 3. The summed E-state index contributed by atoms with van der Waals surface area (Å²) in [4.78, 5) is 17.2. The second-order valence-electron chi connectivity index (χ2n) is 6.62. The lowest BCUT2D eigenvalue weighted by molar-refractivity contribution is -0.0429. The van der Waals surface area contributed by atoms with E-state index in [1.807, 2.05) is 11.9 Å². The van der Waals surface area contributed by atoms with E-state index in [4.69, 9.17) is 0 Å². The molecule has 0 spiro atoms. The predicted octanol–water partition coefficient (Wildman–Crippen LogP) is 1.77. The van der Waals surface area contributed by atoms with E-state index in [0.29, 0.717) is 11.7 Å². The van der Waals surface area contributed by atoms with Crippen LogP contribution in [0.1, 0.15) is 22.5 Å². The van der Waals surface area contributed by atoms with Gasteiger partial charge in [-0.3, -0.25) is 14.4 Å². The van der Waals surface area contributed by atoms with Gasteiger partial charge in [-0.1, -0.05) is 30.3 Å². The number of nitrogens with zero attached hydrogens (tertiary/aromatic N) is 4. The molecule has 0 N–H and O–H groups in total. The zero-order valence-electron chi connectivity index (χ0n) is 13.4. The highest BCUT2D eigenvalue weighted by atomic mass is 16.2. The molecular weight excluding hydrogens is 288 g/mol. The summed E-state index contributed by atoms with van der Waals surface area (Å²) in [7, 11) is 1.82. The first-order chi connectivity index (χ1) is 11.2. The van der Waals surface area contributed by atoms with Gasteiger partial charge in [0.15, 0.2) is 0 Å². The van der Waals surface area contributed by atoms with Gasteiger partial charge in [0.2, 0.25) is 0 Å². The van der Waals surface area contributed by atoms with Crippen LogP contribution >= 0.6 is 0 Å². The van der Waals surface area contributed by atoms with E-state index in [0.717, 1.165) is 38.5 Å². The lowest BCUT2D eigenvalue weighted by Gasteiger charge is -2.53. The van der Waals surface area contributed by atoms with Crippen molar-refractivity contribution < 1.29 is 4.79 Å². The van der Waals surface area contributed by atoms with E-state index in [-0.39, 0.29) is 5.91 Å². The normalized spacial score (nSPS) is 24.1. The van der Waals surface area contributed by atoms with Gasteiger partial charge >= 0.3 is 0 Å². The average molecular weight is 310 g/mol. The fourth-order valence-electron chi connectivity index (χ4n) is 3.84. The molecule has 23 heavy (non-hydrogen) atoms. The van der Waals surface area contributed by atoms with Gasteiger partial charge in [0.05, 0.1) is 0 Å². The van der Waals surface area contributed by atoms with Crippen LogP contribution in [-0.2, 0) is 13.6 Å². The zero-order chi connectivity index (χ0) is 15.8. The second kappa shape index (κ2) is 5.81. The van der Waals surface area contributed by atoms with Crippen LogP contribution in [0.15, 0.2) is 42.6 Å². The van der Waals surface area contributed by atoms with Crippen LogP contribution in [-0.4, -0.2) is 51.2 Å². The van der Waals surface area contributed by atoms with E-state index in [2.05, 4.69) is 40.3 Å². The third kappa shape index (κ3) is 2.65. The van der Waals surface area contributed by atoms with Crippen molar-refractivity contribution in [3.05, 3.63) is 53.9 Å². The topological polar surface area (TPSA) is 41.4 Å². The molecule has 2 aliphatic rings. The van der Waals surface area contributed by atoms with Crippen LogP contribution in [0, 0.1) is 5.92 Å². The summed E-state index contributed by atoms with van der Waals surface area (Å²) < 4.78 is 1.66. The molecule has 1 amide bonds. The Labute approximate surface area is 136 Å². The molecule has 0 unspecified atom stereocenters. The zero-order valence-corrected chi connectivity index (χ0v) is 13.4. The van der Waals surface area contributed by atoms with Crippen molar-refractivity contribution in [1.29, 1.82) is 0 Å². The Morgan fingerprint density at radius 1 is 1.22 bits per heavy atom. The van der Waals surface area contributed by atoms with Crippen molar-refractivity contribution in [2.75, 3.05) is 19.6 Å². The Balaban J connectivity index is 1.42. The minimum atomic E-state index is 0.106. The van der Waals surface area contributed by atoms with E-state index < -0.39 is 0 Å². The van der Waals surface area contributed by atoms with Gasteiger partial charge in [-0.2, -0.15) is 5.10 Å². The number of fused-ring (bicyclic) bond motifs is 1. The summed E-state index contributed by atoms with van der Waals surface area (Å²) in [6.45, 7) is 3.84. The summed E-state index contributed by atoms with van der Waals surface area (Å²) in [6, 6.07) is 12.9. The number of benzene rings is 1. The van der Waals surface area contributed by atoms with Crippen LogP contribution in [0.4, 0.5) is 0 Å². The van der Waals surface area contributed by atoms with Crippen molar-refractivity contribution in [1.82, 2.24) is 19.6 Å². The first-order valence-electron chi connectivity index (χ1n) is 8.27. The number of aryl methyl sites for hydroxylation is 1. The molecule has 2 aromatic rings. The fourth-order valence-corrected chi connectivity index (χ4v) is 3.84. The number of carbonyl (C=O) groups excluding carboxylic acids is 1. The summed E-state index contributed by atoms with van der Waals surface area (Å²) in [5.41, 5.74) is 2.03. The number of likely N-dealkylation sites (tertiary alicyclic amines) is 2. The molecule has 5 heteroatoms. The summed E-state index contributed by atoms with van der Waals surface area (Å²) in [6.07, 6.45) is 2.80. The molecule has 120 valence electrons. The fraction of sp³-hybridized carbons (Fsp3) is 0.444. The third-order valence-electron chi connectivity index (χ3n) is 5.22. The van der Waals surface area contributed by atoms with Gasteiger partial charge in [-0.15, -0.1) is 0 Å². The highest BCUT2D eigenvalue weighted by Crippen LogP contribution is 2.34. The Morgan fingerprint density at radius 2 is 2.04 bits per heavy atom. The minimum absolute atomic E-state index is 0.106. The van der Waals surface area contributed by atoms with E-state index >= 15 is 0 Å². The molecule has 5 nitrogen and oxygen atoms in total. The number of amides is 1. The van der Waals surface area contributed by atoms with Crippen LogP contribution in [0.25, 0.3) is 0 Å². The lowest BCUT2D eigenvalue weighted by Crippen LogP contribution is -2.64. The van der Waals surface area contributed by atoms with Crippen molar-refractivity contribution in [3.8, 4) is 0 Å². The summed E-state index contributed by atoms with van der Waals surface area (Å²) in [5.74, 6) is 0.851. The first kappa shape index (κ1) is 14.5. The van der Waals surface area contributed by atoms with Crippen LogP contribution in [0.2, 0.25) is 0 Å². The molecule has 1 aromatic carbocycles. The highest BCUT2D eigenvalue weighted by molar-refractivity contribution is 5.92. The quantitative estimate of drug-likeness (QED) is 0.867. The SMILES string of the molecule is Cn1nccc1C(=O)N1CC[C@@H]2CN(Cc3ccccc3)[C@@H]2C1. The van der Waals surface area contributed by atoms with E-state index in [9.17, 15) is 4.79 Å². The van der Waals surface area contributed by atoms with E-state index in [1.54, 1.807) is 16.9 Å². The molecule has 0 radical (unpaired) electrons. The maximum atomic E-state index is 12.7. The molecule has 2 fully saturated rings. The molecular formula is C18H22N4O. The molecule has 4 rings (SSSR count). The maximum Gasteiger partial charge on any atom is 0.272 e. The smallest absolute Gasteiger partial charge is 0.272 e. The number of aromatic nitrogens is 2. The molecule has 2 saturated heterocycles. The Bertz CT molecular complexity index is 696. The van der Waals surface area contributed by atoms with Crippen molar-refractivity contribution in [2.45, 2.75) is 19.0 Å². The number of piperidine rings is 1. The van der Waals surface area contributed by atoms with Crippen molar-refractivity contribution >= 4 is 5.91 Å². The van der Waals surface area contributed by atoms with Gasteiger partial charge in [-0.25, -0.2) is 0 Å². The van der Waals surface area contributed by atoms with Gasteiger partial charge < -0.3 is 4.90 Å². The predicted molar refractivity (Wildman–Crippen MR) is 87.9 cm³/mol. The van der Waals surface area contributed by atoms with Crippen LogP contribution in [0.5, 0.6) is 0 Å². The molecule has 1 aromatic heterocycles. The molecule has 2 aliphatic heterocycles. The largest absolute Gasteiger partial charge is 0.336 e. The Morgan fingerprint density at radius 3 is 2.78 bits per heavy atom. The minimum Gasteiger partial charge on any atom is -0.336 e. The standard InChI is InChI=1S/C18H22N4O/c1-20-16(7-9-19-20)18(23)21-10-8-15-12-22(17(15)13-21)11-14-5-3-2-4-6-14/h2-7,9,15,17H,8,10-13H2,1H3/t15-,17-/m1/s1. The number of hydrogen-bond donors (Lipinski definition) is 0. The summed E-state index contributed by atoms with van der Waals surface area (Å²) in [5, 5.41) is 4.11. The highest BCUT2D eigenvalue weighted by Gasteiger charge is 2.43. The second-order valence-corrected chi connectivity index (χ2v) is 6.62. The summed E-state index contributed by atoms with van der Waals surface area (Å²) >= 11 is 0. The molecule has 0 bridgehead atoms. The molecule has 0 saturated carbocycles. The maximum absolute atomic E-state index is 12.7. The first-order valence-corrected chi connectivity index (χ1v) is 8.27. The van der Waals surface area contributed by atoms with Gasteiger partial charge in [0.25, 0.3) is 5.91 Å². The van der Waals surface area contributed by atoms with Crippen molar-refractivity contribution in [3.63, 3.8) is 0 Å². The van der Waals surface area contributed by atoms with Gasteiger partial charge in [-0.05, 0) is 24.0 Å². The van der Waals surface area contributed by atoms with Gasteiger partial charge in [0.1, 0.15) is 5.69 Å². The molecule has 0 aliphatic carbocycles. The molecule has 3 heterocycles. The van der Waals surface area contributed by atoms with Crippen molar-refractivity contribution in [2.24, 2.45) is 13.0 Å². The number of carbonyl (C=O) groups is 1. The monoisotopic (exact) mass is 310 g/mol. The lowest BCUT2D eigenvalue weighted by atomic mass is 9.82. The molecule has 2 atom stereocenters. The van der Waals surface area contributed by atoms with E-state index in [1.165, 1.54) is 5.56 Å². The Hall–Kier alpha value is -2.14. The number of rotatable bonds is 3. The van der Waals surface area contributed by atoms with Crippen LogP contribution < -0.4 is 0 Å². The van der Waals surface area contributed by atoms with Gasteiger partial charge in [0, 0.05) is 45.5 Å². The third-order valence-corrected chi connectivity index (χ3v) is 5.22. The Kier molecular flexibility index (Phi) is 3.65. The average Bonchev–Trinajstić information content (AvgIpc) is 2.99.